The van der Waals surface area contributed by atoms with E-state index in [9.17, 15) is 14.4 Å². The Morgan fingerprint density at radius 2 is 1.50 bits per heavy atom. The second-order valence-electron chi connectivity index (χ2n) is 7.39. The van der Waals surface area contributed by atoms with E-state index in [0.29, 0.717) is 11.5 Å². The lowest BCUT2D eigenvalue weighted by atomic mass is 10.1. The first kappa shape index (κ1) is 23.6. The van der Waals surface area contributed by atoms with Gasteiger partial charge in [-0.1, -0.05) is 29.8 Å². The van der Waals surface area contributed by atoms with Gasteiger partial charge in [-0.2, -0.15) is 0 Å². The Morgan fingerprint density at radius 3 is 2.12 bits per heavy atom. The normalized spacial score (nSPS) is 22.5. The summed E-state index contributed by atoms with van der Waals surface area (Å²) in [7, 11) is 0. The first-order valence-corrected chi connectivity index (χ1v) is 11.1. The molecule has 32 heavy (non-hydrogen) atoms. The first-order chi connectivity index (χ1) is 15.2. The quantitative estimate of drug-likeness (QED) is 0.476. The molecule has 170 valence electrons. The van der Waals surface area contributed by atoms with Crippen molar-refractivity contribution in [1.82, 2.24) is 4.98 Å². The molecule has 0 amide bonds. The minimum absolute atomic E-state index is 0.297. The van der Waals surface area contributed by atoms with Crippen molar-refractivity contribution in [2.24, 2.45) is 0 Å². The number of pyridine rings is 1. The molecule has 1 saturated heterocycles. The summed E-state index contributed by atoms with van der Waals surface area (Å²) in [6, 6.07) is 9.84. The summed E-state index contributed by atoms with van der Waals surface area (Å²) in [5.41, 5.74) is 2.29. The second-order valence-corrected chi connectivity index (χ2v) is 8.52. The molecule has 0 saturated carbocycles. The standard InChI is InChI=1S/C23H25NO7S/c1-13-5-7-17(8-6-13)18-9-19(11-24-10-18)31-23-22(30-16(4)27)21(29-15(3)26)20(12-32-23)28-14(2)25/h5-11,20-23H,12H2,1-4H3/t20-,21+,22-,23+/m1/s1. The number of carbonyl (C=O) groups is 3. The van der Waals surface area contributed by atoms with Crippen LogP contribution in [0, 0.1) is 6.92 Å². The molecule has 1 fully saturated rings. The van der Waals surface area contributed by atoms with E-state index in [1.165, 1.54) is 32.5 Å². The van der Waals surface area contributed by atoms with E-state index >= 15 is 0 Å². The fourth-order valence-electron chi connectivity index (χ4n) is 3.33. The number of benzene rings is 1. The van der Waals surface area contributed by atoms with Crippen LogP contribution in [0.25, 0.3) is 11.1 Å². The first-order valence-electron chi connectivity index (χ1n) is 10.0. The van der Waals surface area contributed by atoms with E-state index in [-0.39, 0.29) is 0 Å². The fraction of sp³-hybridized carbons (Fsp3) is 0.391. The molecule has 0 radical (unpaired) electrons. The van der Waals surface area contributed by atoms with Crippen LogP contribution in [0.3, 0.4) is 0 Å². The molecular formula is C23H25NO7S. The van der Waals surface area contributed by atoms with Crippen molar-refractivity contribution in [2.75, 3.05) is 5.75 Å². The second kappa shape index (κ2) is 10.5. The third-order valence-corrected chi connectivity index (χ3v) is 5.87. The molecule has 1 aromatic carbocycles. The Hall–Kier alpha value is -3.07. The van der Waals surface area contributed by atoms with Gasteiger partial charge in [-0.25, -0.2) is 0 Å². The molecule has 0 aliphatic carbocycles. The van der Waals surface area contributed by atoms with Crippen molar-refractivity contribution in [3.8, 4) is 16.9 Å². The number of aromatic nitrogens is 1. The summed E-state index contributed by atoms with van der Waals surface area (Å²) in [5, 5.41) is 0. The predicted molar refractivity (Wildman–Crippen MR) is 118 cm³/mol. The number of hydrogen-bond acceptors (Lipinski definition) is 9. The molecular weight excluding hydrogens is 434 g/mol. The average molecular weight is 460 g/mol. The van der Waals surface area contributed by atoms with Gasteiger partial charge in [-0.3, -0.25) is 19.4 Å². The summed E-state index contributed by atoms with van der Waals surface area (Å²) in [6.07, 6.45) is 0.528. The van der Waals surface area contributed by atoms with Crippen LogP contribution in [0.5, 0.6) is 5.75 Å². The Labute approximate surface area is 190 Å². The van der Waals surface area contributed by atoms with Crippen molar-refractivity contribution >= 4 is 29.7 Å². The smallest absolute Gasteiger partial charge is 0.303 e. The van der Waals surface area contributed by atoms with Crippen molar-refractivity contribution in [2.45, 2.75) is 51.4 Å². The van der Waals surface area contributed by atoms with Gasteiger partial charge in [0.1, 0.15) is 5.75 Å². The van der Waals surface area contributed by atoms with Gasteiger partial charge < -0.3 is 18.9 Å². The highest BCUT2D eigenvalue weighted by Gasteiger charge is 2.47. The molecule has 0 spiro atoms. The van der Waals surface area contributed by atoms with Crippen LogP contribution in [0.1, 0.15) is 26.3 Å². The zero-order chi connectivity index (χ0) is 23.3. The lowest BCUT2D eigenvalue weighted by Gasteiger charge is -2.39. The molecule has 3 rings (SSSR count). The molecule has 2 aromatic rings. The number of esters is 3. The monoisotopic (exact) mass is 459 g/mol. The van der Waals surface area contributed by atoms with Crippen molar-refractivity contribution in [3.63, 3.8) is 0 Å². The summed E-state index contributed by atoms with van der Waals surface area (Å²) < 4.78 is 22.3. The lowest BCUT2D eigenvalue weighted by Crippen LogP contribution is -2.55. The Morgan fingerprint density at radius 1 is 0.875 bits per heavy atom. The largest absolute Gasteiger partial charge is 0.474 e. The van der Waals surface area contributed by atoms with Crippen molar-refractivity contribution < 1.29 is 33.3 Å². The maximum Gasteiger partial charge on any atom is 0.303 e. The molecule has 0 bridgehead atoms. The molecule has 2 heterocycles. The van der Waals surface area contributed by atoms with Gasteiger partial charge in [0.25, 0.3) is 0 Å². The molecule has 1 aromatic heterocycles. The van der Waals surface area contributed by atoms with Gasteiger partial charge in [0, 0.05) is 38.3 Å². The predicted octanol–water partition coefficient (Wildman–Crippen LogP) is 3.30. The van der Waals surface area contributed by atoms with Crippen LogP contribution in [0.4, 0.5) is 0 Å². The van der Waals surface area contributed by atoms with Crippen LogP contribution in [0.2, 0.25) is 0 Å². The maximum absolute atomic E-state index is 11.8. The lowest BCUT2D eigenvalue weighted by molar-refractivity contribution is -0.186. The van der Waals surface area contributed by atoms with Crippen molar-refractivity contribution in [3.05, 3.63) is 48.3 Å². The maximum atomic E-state index is 11.8. The zero-order valence-electron chi connectivity index (χ0n) is 18.3. The van der Waals surface area contributed by atoms with Crippen LogP contribution < -0.4 is 4.74 Å². The van der Waals surface area contributed by atoms with Gasteiger partial charge in [0.05, 0.1) is 6.20 Å². The van der Waals surface area contributed by atoms with Gasteiger partial charge in [0.15, 0.2) is 23.7 Å². The summed E-state index contributed by atoms with van der Waals surface area (Å²) >= 11 is 1.30. The zero-order valence-corrected chi connectivity index (χ0v) is 19.1. The number of thioether (sulfide) groups is 1. The Balaban J connectivity index is 1.86. The van der Waals surface area contributed by atoms with Crippen LogP contribution in [0.15, 0.2) is 42.7 Å². The topological polar surface area (TPSA) is 101 Å². The Bertz CT molecular complexity index is 979. The van der Waals surface area contributed by atoms with E-state index in [2.05, 4.69) is 4.98 Å². The van der Waals surface area contributed by atoms with Crippen LogP contribution >= 0.6 is 11.8 Å². The van der Waals surface area contributed by atoms with Crippen LogP contribution in [-0.4, -0.2) is 52.4 Å². The van der Waals surface area contributed by atoms with E-state index < -0.39 is 41.7 Å². The minimum Gasteiger partial charge on any atom is -0.474 e. The van der Waals surface area contributed by atoms with E-state index in [4.69, 9.17) is 18.9 Å². The number of hydrogen-bond donors (Lipinski definition) is 0. The summed E-state index contributed by atoms with van der Waals surface area (Å²) in [6.45, 7) is 5.77. The van der Waals surface area contributed by atoms with E-state index in [1.807, 2.05) is 37.3 Å². The fourth-order valence-corrected chi connectivity index (χ4v) is 4.55. The molecule has 1 aliphatic rings. The molecule has 9 heteroatoms. The van der Waals surface area contributed by atoms with Gasteiger partial charge in [-0.15, -0.1) is 11.8 Å². The Kier molecular flexibility index (Phi) is 7.74. The number of aryl methyl sites for hydroxylation is 1. The number of nitrogens with zero attached hydrogens (tertiary/aromatic N) is 1. The van der Waals surface area contributed by atoms with Gasteiger partial charge in [0.2, 0.25) is 0 Å². The molecule has 0 unspecified atom stereocenters. The molecule has 0 N–H and O–H groups in total. The van der Waals surface area contributed by atoms with E-state index in [1.54, 1.807) is 12.4 Å². The van der Waals surface area contributed by atoms with Gasteiger partial charge in [-0.05, 0) is 18.6 Å². The third kappa shape index (κ3) is 6.23. The summed E-state index contributed by atoms with van der Waals surface area (Å²) in [5.74, 6) is -0.923. The SMILES string of the molecule is CC(=O)O[C@@H]1[C@@H](OC(C)=O)[C@@H](Oc2cncc(-c3ccc(C)cc3)c2)SC[C@H]1OC(C)=O. The number of ether oxygens (including phenoxy) is 4. The highest BCUT2D eigenvalue weighted by atomic mass is 32.2. The molecule has 8 nitrogen and oxygen atoms in total. The average Bonchev–Trinajstić information content (AvgIpc) is 2.72. The van der Waals surface area contributed by atoms with Crippen LogP contribution in [-0.2, 0) is 28.6 Å². The number of rotatable bonds is 6. The van der Waals surface area contributed by atoms with E-state index in [0.717, 1.165) is 16.7 Å². The van der Waals surface area contributed by atoms with Gasteiger partial charge >= 0.3 is 17.9 Å². The molecule has 4 atom stereocenters. The van der Waals surface area contributed by atoms with Crippen molar-refractivity contribution in [1.29, 1.82) is 0 Å². The molecule has 1 aliphatic heterocycles. The highest BCUT2D eigenvalue weighted by Crippen LogP contribution is 2.35. The summed E-state index contributed by atoms with van der Waals surface area (Å²) in [4.78, 5) is 39.3. The minimum atomic E-state index is -1.00. The number of carbonyl (C=O) groups excluding carboxylic acids is 3. The third-order valence-electron chi connectivity index (χ3n) is 4.65. The highest BCUT2D eigenvalue weighted by molar-refractivity contribution is 7.99.